The molecule has 144 valence electrons. The average Bonchev–Trinajstić information content (AvgIpc) is 3.03. The lowest BCUT2D eigenvalue weighted by atomic mass is 10.2. The van der Waals surface area contributed by atoms with E-state index < -0.39 is 5.91 Å². The Morgan fingerprint density at radius 2 is 1.79 bits per heavy atom. The van der Waals surface area contributed by atoms with Crippen molar-refractivity contribution < 1.29 is 9.59 Å². The lowest BCUT2D eigenvalue weighted by Crippen LogP contribution is -2.43. The topological polar surface area (TPSA) is 75.4 Å². The summed E-state index contributed by atoms with van der Waals surface area (Å²) >= 11 is 13.1. The third kappa shape index (κ3) is 4.86. The molecule has 0 saturated carbocycles. The average molecular weight is 432 g/mol. The van der Waals surface area contributed by atoms with E-state index in [9.17, 15) is 9.59 Å². The summed E-state index contributed by atoms with van der Waals surface area (Å²) < 4.78 is 0.929. The van der Waals surface area contributed by atoms with Crippen molar-refractivity contribution in [3.05, 3.63) is 70.1 Å². The first-order valence-corrected chi connectivity index (χ1v) is 10.2. The van der Waals surface area contributed by atoms with Gasteiger partial charge in [0.25, 0.3) is 5.91 Å². The Morgan fingerprint density at radius 3 is 2.46 bits per heavy atom. The number of nitrogens with one attached hydrogen (secondary N) is 1. The minimum absolute atomic E-state index is 0.131. The summed E-state index contributed by atoms with van der Waals surface area (Å²) in [5.41, 5.74) is 6.28. The zero-order chi connectivity index (χ0) is 20.1. The van der Waals surface area contributed by atoms with Gasteiger partial charge in [-0.2, -0.15) is 0 Å². The number of hydrogen-bond acceptors (Lipinski definition) is 4. The predicted molar refractivity (Wildman–Crippen MR) is 118 cm³/mol. The van der Waals surface area contributed by atoms with Gasteiger partial charge in [-0.25, -0.2) is 0 Å². The molecule has 0 aliphatic heterocycles. The minimum atomic E-state index is -0.431. The number of thiocarbonyl (C=S) groups is 1. The van der Waals surface area contributed by atoms with Crippen molar-refractivity contribution in [2.24, 2.45) is 5.73 Å². The number of carbonyl (C=O) groups excluding carboxylic acids is 2. The van der Waals surface area contributed by atoms with Crippen molar-refractivity contribution in [2.45, 2.75) is 13.0 Å². The van der Waals surface area contributed by atoms with Crippen LogP contribution in [0.1, 0.15) is 21.7 Å². The molecule has 8 heteroatoms. The SMILES string of the molecule is NC(=O)CCN(Cc1ccccc1)C(=S)NC(=O)c1sc2ccccc2c1Cl. The number of carbonyl (C=O) groups is 2. The normalized spacial score (nSPS) is 10.6. The number of fused-ring (bicyclic) bond motifs is 1. The number of primary amides is 1. The predicted octanol–water partition coefficient (Wildman–Crippen LogP) is 3.95. The summed E-state index contributed by atoms with van der Waals surface area (Å²) in [6, 6.07) is 17.2. The summed E-state index contributed by atoms with van der Waals surface area (Å²) in [5, 5.41) is 4.20. The standard InChI is InChI=1S/C20H18ClN3O2S2/c21-17-14-8-4-5-9-15(14)28-18(17)19(26)23-20(27)24(11-10-16(22)25)12-13-6-2-1-3-7-13/h1-9H,10-12H2,(H2,22,25)(H,23,26,27). The summed E-state index contributed by atoms with van der Waals surface area (Å²) in [6.45, 7) is 0.761. The van der Waals surface area contributed by atoms with E-state index in [1.807, 2.05) is 54.6 Å². The largest absolute Gasteiger partial charge is 0.370 e. The Kier molecular flexibility index (Phi) is 6.61. The number of benzene rings is 2. The number of rotatable bonds is 6. The van der Waals surface area contributed by atoms with E-state index in [1.54, 1.807) is 4.90 Å². The maximum Gasteiger partial charge on any atom is 0.269 e. The Morgan fingerprint density at radius 1 is 1.11 bits per heavy atom. The molecule has 0 bridgehead atoms. The monoisotopic (exact) mass is 431 g/mol. The van der Waals surface area contributed by atoms with Crippen molar-refractivity contribution in [1.82, 2.24) is 10.2 Å². The van der Waals surface area contributed by atoms with Gasteiger partial charge in [0.1, 0.15) is 4.88 Å². The Hall–Kier alpha value is -2.48. The molecule has 3 aromatic rings. The second-order valence-corrected chi connectivity index (χ2v) is 7.94. The van der Waals surface area contributed by atoms with E-state index >= 15 is 0 Å². The van der Waals surface area contributed by atoms with Crippen LogP contribution in [0.5, 0.6) is 0 Å². The molecule has 3 rings (SSSR count). The molecule has 0 saturated heterocycles. The zero-order valence-electron chi connectivity index (χ0n) is 14.9. The highest BCUT2D eigenvalue weighted by Gasteiger charge is 2.20. The van der Waals surface area contributed by atoms with Crippen LogP contribution in [0.4, 0.5) is 0 Å². The lowest BCUT2D eigenvalue weighted by molar-refractivity contribution is -0.118. The Bertz CT molecular complexity index is 1020. The van der Waals surface area contributed by atoms with Gasteiger partial charge in [-0.1, -0.05) is 60.1 Å². The highest BCUT2D eigenvalue weighted by atomic mass is 35.5. The first-order valence-electron chi connectivity index (χ1n) is 8.55. The molecule has 28 heavy (non-hydrogen) atoms. The molecule has 2 amide bonds. The summed E-state index contributed by atoms with van der Waals surface area (Å²) in [5.74, 6) is -0.798. The highest BCUT2D eigenvalue weighted by molar-refractivity contribution is 7.80. The number of amides is 2. The van der Waals surface area contributed by atoms with Crippen LogP contribution in [0.15, 0.2) is 54.6 Å². The summed E-state index contributed by atoms with van der Waals surface area (Å²) in [7, 11) is 0. The first-order chi connectivity index (χ1) is 13.5. The smallest absolute Gasteiger partial charge is 0.269 e. The molecule has 5 nitrogen and oxygen atoms in total. The molecule has 1 aromatic heterocycles. The van der Waals surface area contributed by atoms with Crippen LogP contribution < -0.4 is 11.1 Å². The molecular weight excluding hydrogens is 414 g/mol. The van der Waals surface area contributed by atoms with Crippen molar-refractivity contribution in [1.29, 1.82) is 0 Å². The minimum Gasteiger partial charge on any atom is -0.370 e. The van der Waals surface area contributed by atoms with E-state index in [1.165, 1.54) is 11.3 Å². The molecule has 3 N–H and O–H groups in total. The number of nitrogens with two attached hydrogens (primary N) is 1. The van der Waals surface area contributed by atoms with Gasteiger partial charge in [-0.3, -0.25) is 14.9 Å². The van der Waals surface area contributed by atoms with Gasteiger partial charge < -0.3 is 10.6 Å². The van der Waals surface area contributed by atoms with Crippen molar-refractivity contribution in [3.8, 4) is 0 Å². The summed E-state index contributed by atoms with van der Waals surface area (Å²) in [6.07, 6.45) is 0.131. The number of thiophene rings is 1. The fraction of sp³-hybridized carbons (Fsp3) is 0.150. The summed E-state index contributed by atoms with van der Waals surface area (Å²) in [4.78, 5) is 26.1. The molecule has 0 aliphatic rings. The van der Waals surface area contributed by atoms with Crippen LogP contribution in [0.25, 0.3) is 10.1 Å². The molecule has 0 spiro atoms. The van der Waals surface area contributed by atoms with Crippen LogP contribution in [-0.4, -0.2) is 28.4 Å². The number of halogens is 1. The van der Waals surface area contributed by atoms with E-state index in [-0.39, 0.29) is 17.4 Å². The fourth-order valence-corrected chi connectivity index (χ4v) is 4.36. The van der Waals surface area contributed by atoms with Gasteiger partial charge in [0.05, 0.1) is 5.02 Å². The van der Waals surface area contributed by atoms with Crippen LogP contribution in [0.2, 0.25) is 5.02 Å². The van der Waals surface area contributed by atoms with Crippen LogP contribution in [0, 0.1) is 0 Å². The van der Waals surface area contributed by atoms with Crippen LogP contribution in [-0.2, 0) is 11.3 Å². The molecule has 0 unspecified atom stereocenters. The van der Waals surface area contributed by atoms with E-state index in [4.69, 9.17) is 29.6 Å². The molecule has 0 aliphatic carbocycles. The maximum absolute atomic E-state index is 12.7. The zero-order valence-corrected chi connectivity index (χ0v) is 17.2. The molecule has 2 aromatic carbocycles. The molecule has 1 heterocycles. The molecule has 0 fully saturated rings. The molecule has 0 atom stereocenters. The van der Waals surface area contributed by atoms with Crippen LogP contribution in [0.3, 0.4) is 0 Å². The van der Waals surface area contributed by atoms with E-state index in [2.05, 4.69) is 5.32 Å². The van der Waals surface area contributed by atoms with Crippen molar-refractivity contribution >= 4 is 62.2 Å². The van der Waals surface area contributed by atoms with Crippen LogP contribution >= 0.6 is 35.2 Å². The second kappa shape index (κ2) is 9.14. The fourth-order valence-electron chi connectivity index (χ4n) is 2.69. The van der Waals surface area contributed by atoms with E-state index in [0.717, 1.165) is 15.6 Å². The Balaban J connectivity index is 1.76. The lowest BCUT2D eigenvalue weighted by Gasteiger charge is -2.25. The quantitative estimate of drug-likeness (QED) is 0.579. The Labute approximate surface area is 177 Å². The first kappa shape index (κ1) is 20.3. The third-order valence-corrected chi connectivity index (χ3v) is 6.13. The third-order valence-electron chi connectivity index (χ3n) is 4.09. The van der Waals surface area contributed by atoms with Gasteiger partial charge in [-0.15, -0.1) is 11.3 Å². The van der Waals surface area contributed by atoms with Gasteiger partial charge in [-0.05, 0) is 23.8 Å². The van der Waals surface area contributed by atoms with Gasteiger partial charge in [0.15, 0.2) is 5.11 Å². The maximum atomic E-state index is 12.7. The second-order valence-electron chi connectivity index (χ2n) is 6.12. The van der Waals surface area contributed by atoms with Gasteiger partial charge >= 0.3 is 0 Å². The van der Waals surface area contributed by atoms with Crippen molar-refractivity contribution in [3.63, 3.8) is 0 Å². The van der Waals surface area contributed by atoms with Crippen molar-refractivity contribution in [2.75, 3.05) is 6.54 Å². The number of nitrogens with zero attached hydrogens (tertiary/aromatic N) is 1. The van der Waals surface area contributed by atoms with Gasteiger partial charge in [0.2, 0.25) is 5.91 Å². The highest BCUT2D eigenvalue weighted by Crippen LogP contribution is 2.35. The number of hydrogen-bond donors (Lipinski definition) is 2. The van der Waals surface area contributed by atoms with E-state index in [0.29, 0.717) is 23.0 Å². The molecule has 0 radical (unpaired) electrons. The molecular formula is C20H18ClN3O2S2. The van der Waals surface area contributed by atoms with Gasteiger partial charge in [0, 0.05) is 29.6 Å².